The van der Waals surface area contributed by atoms with Crippen LogP contribution in [0.3, 0.4) is 0 Å². The number of allylic oxidation sites excluding steroid dienone is 1. The minimum atomic E-state index is -0.915. The Kier molecular flexibility index (Phi) is 4.80. The molecule has 0 spiro atoms. The fourth-order valence-electron chi connectivity index (χ4n) is 3.59. The van der Waals surface area contributed by atoms with E-state index in [4.69, 9.17) is 0 Å². The number of hydrogen-bond acceptors (Lipinski definition) is 4. The van der Waals surface area contributed by atoms with Crippen molar-refractivity contribution in [2.45, 2.75) is 57.6 Å². The SMILES string of the molecule is CC1CCC(=CC(=O)N2CCCC(O)(Cn3ccnn3)C2)CC1. The molecule has 3 rings (SSSR count). The summed E-state index contributed by atoms with van der Waals surface area (Å²) in [6, 6.07) is 0. The number of aromatic nitrogens is 3. The maximum absolute atomic E-state index is 12.5. The molecular formula is C17H26N4O2. The second kappa shape index (κ2) is 6.83. The highest BCUT2D eigenvalue weighted by Crippen LogP contribution is 2.28. The van der Waals surface area contributed by atoms with Crippen LogP contribution in [0.15, 0.2) is 24.0 Å². The molecule has 1 atom stereocenters. The van der Waals surface area contributed by atoms with Crippen LogP contribution in [0.25, 0.3) is 0 Å². The van der Waals surface area contributed by atoms with E-state index in [1.165, 1.54) is 18.4 Å². The molecule has 1 saturated carbocycles. The molecule has 1 unspecified atom stereocenters. The van der Waals surface area contributed by atoms with Crippen LogP contribution in [0.4, 0.5) is 0 Å². The Morgan fingerprint density at radius 1 is 1.48 bits per heavy atom. The summed E-state index contributed by atoms with van der Waals surface area (Å²) >= 11 is 0. The largest absolute Gasteiger partial charge is 0.386 e. The number of nitrogens with zero attached hydrogens (tertiary/aromatic N) is 4. The van der Waals surface area contributed by atoms with E-state index in [0.717, 1.165) is 31.7 Å². The second-order valence-electron chi connectivity index (χ2n) is 7.17. The number of amides is 1. The lowest BCUT2D eigenvalue weighted by atomic mass is 9.86. The third-order valence-electron chi connectivity index (χ3n) is 5.04. The molecule has 1 aliphatic heterocycles. The van der Waals surface area contributed by atoms with Crippen molar-refractivity contribution in [3.8, 4) is 0 Å². The van der Waals surface area contributed by atoms with Crippen LogP contribution in [-0.4, -0.2) is 49.6 Å². The molecule has 6 heteroatoms. The van der Waals surface area contributed by atoms with Gasteiger partial charge in [-0.1, -0.05) is 17.7 Å². The van der Waals surface area contributed by atoms with E-state index in [1.54, 1.807) is 22.0 Å². The van der Waals surface area contributed by atoms with Crippen molar-refractivity contribution in [3.05, 3.63) is 24.0 Å². The third kappa shape index (κ3) is 4.19. The Balaban J connectivity index is 1.61. The lowest BCUT2D eigenvalue weighted by molar-refractivity contribution is -0.134. The smallest absolute Gasteiger partial charge is 0.246 e. The summed E-state index contributed by atoms with van der Waals surface area (Å²) in [5, 5.41) is 18.5. The molecule has 1 aliphatic carbocycles. The fourth-order valence-corrected chi connectivity index (χ4v) is 3.59. The summed E-state index contributed by atoms with van der Waals surface area (Å²) in [7, 11) is 0. The summed E-state index contributed by atoms with van der Waals surface area (Å²) in [5.41, 5.74) is 0.347. The standard InChI is InChI=1S/C17H26N4O2/c1-14-3-5-15(6-4-14)11-16(22)20-9-2-7-17(23,12-20)13-21-10-8-18-19-21/h8,10-11,14,23H,2-7,9,12-13H2,1H3. The Labute approximate surface area is 137 Å². The van der Waals surface area contributed by atoms with E-state index in [1.807, 2.05) is 6.08 Å². The normalized spacial score (nSPS) is 28.7. The molecule has 2 aliphatic rings. The highest BCUT2D eigenvalue weighted by Gasteiger charge is 2.35. The van der Waals surface area contributed by atoms with E-state index >= 15 is 0 Å². The third-order valence-corrected chi connectivity index (χ3v) is 5.04. The van der Waals surface area contributed by atoms with Gasteiger partial charge in [-0.05, 0) is 44.4 Å². The Morgan fingerprint density at radius 3 is 2.96 bits per heavy atom. The molecule has 126 valence electrons. The molecule has 2 fully saturated rings. The summed E-state index contributed by atoms with van der Waals surface area (Å²) in [5.74, 6) is 0.816. The van der Waals surface area contributed by atoms with Gasteiger partial charge >= 0.3 is 0 Å². The predicted molar refractivity (Wildman–Crippen MR) is 86.5 cm³/mol. The topological polar surface area (TPSA) is 71.2 Å². The average Bonchev–Trinajstić information content (AvgIpc) is 3.02. The van der Waals surface area contributed by atoms with Crippen molar-refractivity contribution < 1.29 is 9.90 Å². The zero-order valence-corrected chi connectivity index (χ0v) is 13.8. The number of β-amino-alcohol motifs (C(OH)–C–C–N with tert-alkyl or cyclic N) is 1. The zero-order chi connectivity index (χ0) is 16.3. The first kappa shape index (κ1) is 16.2. The Hall–Kier alpha value is -1.69. The number of carbonyl (C=O) groups is 1. The molecule has 0 bridgehead atoms. The van der Waals surface area contributed by atoms with Gasteiger partial charge in [-0.2, -0.15) is 0 Å². The molecule has 0 aromatic carbocycles. The molecule has 6 nitrogen and oxygen atoms in total. The number of aliphatic hydroxyl groups is 1. The van der Waals surface area contributed by atoms with Crippen LogP contribution >= 0.6 is 0 Å². The molecule has 1 aromatic heterocycles. The number of carbonyl (C=O) groups excluding carboxylic acids is 1. The van der Waals surface area contributed by atoms with E-state index < -0.39 is 5.60 Å². The van der Waals surface area contributed by atoms with E-state index in [0.29, 0.717) is 19.5 Å². The van der Waals surface area contributed by atoms with Gasteiger partial charge in [-0.15, -0.1) is 5.10 Å². The molecule has 1 aromatic rings. The minimum absolute atomic E-state index is 0.0475. The maximum atomic E-state index is 12.5. The predicted octanol–water partition coefficient (Wildman–Crippen LogP) is 1.77. The van der Waals surface area contributed by atoms with E-state index in [2.05, 4.69) is 17.2 Å². The molecule has 2 heterocycles. The molecule has 1 saturated heterocycles. The molecule has 1 N–H and O–H groups in total. The van der Waals surface area contributed by atoms with Gasteiger partial charge < -0.3 is 10.0 Å². The molecule has 0 radical (unpaired) electrons. The quantitative estimate of drug-likeness (QED) is 0.862. The summed E-state index contributed by atoms with van der Waals surface area (Å²) < 4.78 is 1.63. The van der Waals surface area contributed by atoms with Gasteiger partial charge in [0.2, 0.25) is 5.91 Å². The fraction of sp³-hybridized carbons (Fsp3) is 0.706. The van der Waals surface area contributed by atoms with Crippen LogP contribution in [0.2, 0.25) is 0 Å². The highest BCUT2D eigenvalue weighted by molar-refractivity contribution is 5.88. The number of hydrogen-bond donors (Lipinski definition) is 1. The number of rotatable bonds is 3. The maximum Gasteiger partial charge on any atom is 0.246 e. The van der Waals surface area contributed by atoms with Crippen LogP contribution in [-0.2, 0) is 11.3 Å². The van der Waals surface area contributed by atoms with Crippen molar-refractivity contribution in [2.24, 2.45) is 5.92 Å². The van der Waals surface area contributed by atoms with E-state index in [-0.39, 0.29) is 5.91 Å². The van der Waals surface area contributed by atoms with Gasteiger partial charge in [0.1, 0.15) is 5.60 Å². The Morgan fingerprint density at radius 2 is 2.26 bits per heavy atom. The first-order chi connectivity index (χ1) is 11.0. The van der Waals surface area contributed by atoms with Crippen LogP contribution < -0.4 is 0 Å². The first-order valence-corrected chi connectivity index (χ1v) is 8.59. The number of likely N-dealkylation sites (tertiary alicyclic amines) is 1. The molecule has 23 heavy (non-hydrogen) atoms. The lowest BCUT2D eigenvalue weighted by Crippen LogP contribution is -2.52. The van der Waals surface area contributed by atoms with Crippen molar-refractivity contribution >= 4 is 5.91 Å². The van der Waals surface area contributed by atoms with Gasteiger partial charge in [0.15, 0.2) is 0 Å². The monoisotopic (exact) mass is 318 g/mol. The Bertz CT molecular complexity index is 559. The van der Waals surface area contributed by atoms with Crippen molar-refractivity contribution in [1.82, 2.24) is 19.9 Å². The highest BCUT2D eigenvalue weighted by atomic mass is 16.3. The molecule has 1 amide bonds. The van der Waals surface area contributed by atoms with Crippen molar-refractivity contribution in [1.29, 1.82) is 0 Å². The minimum Gasteiger partial charge on any atom is -0.386 e. The van der Waals surface area contributed by atoms with Crippen LogP contribution in [0.5, 0.6) is 0 Å². The van der Waals surface area contributed by atoms with Gasteiger partial charge in [-0.3, -0.25) is 4.79 Å². The van der Waals surface area contributed by atoms with E-state index in [9.17, 15) is 9.90 Å². The molecular weight excluding hydrogens is 292 g/mol. The van der Waals surface area contributed by atoms with Crippen LogP contribution in [0, 0.1) is 5.92 Å². The average molecular weight is 318 g/mol. The second-order valence-corrected chi connectivity index (χ2v) is 7.17. The van der Waals surface area contributed by atoms with Crippen molar-refractivity contribution in [2.75, 3.05) is 13.1 Å². The van der Waals surface area contributed by atoms with Crippen molar-refractivity contribution in [3.63, 3.8) is 0 Å². The zero-order valence-electron chi connectivity index (χ0n) is 13.8. The van der Waals surface area contributed by atoms with Gasteiger partial charge in [0.05, 0.1) is 19.3 Å². The number of piperidine rings is 1. The van der Waals surface area contributed by atoms with Gasteiger partial charge in [-0.25, -0.2) is 4.68 Å². The summed E-state index contributed by atoms with van der Waals surface area (Å²) in [6.07, 6.45) is 11.1. The first-order valence-electron chi connectivity index (χ1n) is 8.59. The van der Waals surface area contributed by atoms with Crippen LogP contribution in [0.1, 0.15) is 45.4 Å². The van der Waals surface area contributed by atoms with Gasteiger partial charge in [0, 0.05) is 18.8 Å². The van der Waals surface area contributed by atoms with Gasteiger partial charge in [0.25, 0.3) is 0 Å². The lowest BCUT2D eigenvalue weighted by Gasteiger charge is -2.38. The summed E-state index contributed by atoms with van der Waals surface area (Å²) in [4.78, 5) is 14.3. The summed E-state index contributed by atoms with van der Waals surface area (Å²) in [6.45, 7) is 3.74.